The van der Waals surface area contributed by atoms with Gasteiger partial charge in [0.15, 0.2) is 0 Å². The van der Waals surface area contributed by atoms with E-state index < -0.39 is 0 Å². The number of ether oxygens (including phenoxy) is 1. The first-order chi connectivity index (χ1) is 8.14. The molecule has 0 atom stereocenters. The molecule has 0 amide bonds. The molecule has 0 aromatic heterocycles. The van der Waals surface area contributed by atoms with Crippen molar-refractivity contribution in [3.8, 4) is 0 Å². The number of rotatable bonds is 7. The van der Waals surface area contributed by atoms with Gasteiger partial charge in [-0.2, -0.15) is 0 Å². The second kappa shape index (κ2) is 30.2. The Hall–Kier alpha value is -0.0657. The zero-order valence-corrected chi connectivity index (χ0v) is 13.1. The molecule has 0 bridgehead atoms. The van der Waals surface area contributed by atoms with Gasteiger partial charge in [0.2, 0.25) is 0 Å². The molecule has 18 heavy (non-hydrogen) atoms. The Kier molecular flexibility index (Phi) is 44.4. The number of aliphatic hydroxyl groups is 2. The Morgan fingerprint density at radius 2 is 1.50 bits per heavy atom. The number of hydrogen-bond acceptors (Lipinski definition) is 5. The van der Waals surface area contributed by atoms with E-state index in [1.165, 1.54) is 6.29 Å². The molecule has 0 rings (SSSR count). The monoisotopic (exact) mass is 297 g/mol. The van der Waals surface area contributed by atoms with E-state index in [0.29, 0.717) is 19.8 Å². The SMILES string of the molecule is CCCO.CCCO.CCOCC(=O)C[C-]=O.[Ti]. The molecule has 0 aliphatic rings. The molecule has 6 heteroatoms. The van der Waals surface area contributed by atoms with Gasteiger partial charge in [0.05, 0.1) is 0 Å². The second-order valence-electron chi connectivity index (χ2n) is 2.94. The third-order valence-electron chi connectivity index (χ3n) is 1.18. The summed E-state index contributed by atoms with van der Waals surface area (Å²) in [4.78, 5) is 20.0. The van der Waals surface area contributed by atoms with Crippen LogP contribution in [0.4, 0.5) is 0 Å². The summed E-state index contributed by atoms with van der Waals surface area (Å²) in [5.74, 6) is -0.216. The molecule has 0 aliphatic carbocycles. The molecular formula is C12H25O5Ti-. The summed E-state index contributed by atoms with van der Waals surface area (Å²) in [6.07, 6.45) is 3.09. The predicted octanol–water partition coefficient (Wildman–Crippen LogP) is 0.867. The summed E-state index contributed by atoms with van der Waals surface area (Å²) >= 11 is 0. The van der Waals surface area contributed by atoms with E-state index in [9.17, 15) is 9.59 Å². The van der Waals surface area contributed by atoms with Crippen molar-refractivity contribution in [3.05, 3.63) is 0 Å². The topological polar surface area (TPSA) is 83.8 Å². The molecule has 5 nitrogen and oxygen atoms in total. The normalized spacial score (nSPS) is 7.83. The van der Waals surface area contributed by atoms with Crippen molar-refractivity contribution in [1.29, 1.82) is 0 Å². The Balaban J connectivity index is -0.0000000922. The standard InChI is InChI=1S/C6H9O3.2C3H8O.Ti/c1-2-9-5-6(8)3-4-7;2*1-2-3-4;/h2-3,5H2,1H3;2*4H,2-3H2,1H3;/q-1;;;. The smallest absolute Gasteiger partial charge is 0.132 e. The van der Waals surface area contributed by atoms with Crippen molar-refractivity contribution in [1.82, 2.24) is 0 Å². The van der Waals surface area contributed by atoms with Gasteiger partial charge in [0, 0.05) is 41.5 Å². The first kappa shape index (κ1) is 26.5. The third kappa shape index (κ3) is 44.5. The van der Waals surface area contributed by atoms with Gasteiger partial charge in [-0.1, -0.05) is 20.3 Å². The molecule has 108 valence electrons. The summed E-state index contributed by atoms with van der Waals surface area (Å²) < 4.78 is 4.72. The summed E-state index contributed by atoms with van der Waals surface area (Å²) in [5.41, 5.74) is 0. The van der Waals surface area contributed by atoms with Crippen LogP contribution in [-0.4, -0.2) is 48.7 Å². The molecule has 0 spiro atoms. The van der Waals surface area contributed by atoms with E-state index in [2.05, 4.69) is 0 Å². The zero-order chi connectivity index (χ0) is 13.9. The van der Waals surface area contributed by atoms with Crippen LogP contribution in [-0.2, 0) is 36.0 Å². The van der Waals surface area contributed by atoms with Crippen molar-refractivity contribution in [2.75, 3.05) is 26.4 Å². The van der Waals surface area contributed by atoms with E-state index in [0.717, 1.165) is 12.8 Å². The van der Waals surface area contributed by atoms with Crippen molar-refractivity contribution in [3.63, 3.8) is 0 Å². The van der Waals surface area contributed by atoms with Crippen LogP contribution < -0.4 is 0 Å². The van der Waals surface area contributed by atoms with Crippen LogP contribution in [0.2, 0.25) is 0 Å². The maximum absolute atomic E-state index is 10.4. The molecule has 0 aromatic carbocycles. The van der Waals surface area contributed by atoms with E-state index >= 15 is 0 Å². The molecule has 0 aliphatic heterocycles. The third-order valence-corrected chi connectivity index (χ3v) is 1.18. The quantitative estimate of drug-likeness (QED) is 0.414. The van der Waals surface area contributed by atoms with Crippen LogP contribution in [0.15, 0.2) is 0 Å². The van der Waals surface area contributed by atoms with Crippen LogP contribution in [0, 0.1) is 0 Å². The molecule has 0 heterocycles. The number of carbonyl (C=O) groups is 1. The molecule has 0 saturated heterocycles. The molecule has 0 fully saturated rings. The molecule has 0 saturated carbocycles. The molecule has 0 radical (unpaired) electrons. The molecular weight excluding hydrogens is 272 g/mol. The average Bonchev–Trinajstić information content (AvgIpc) is 2.37. The van der Waals surface area contributed by atoms with Gasteiger partial charge in [-0.25, -0.2) is 0 Å². The summed E-state index contributed by atoms with van der Waals surface area (Å²) in [7, 11) is 0. The molecule has 0 aromatic rings. The fourth-order valence-electron chi connectivity index (χ4n) is 0.347. The first-order valence-corrected chi connectivity index (χ1v) is 5.80. The summed E-state index contributed by atoms with van der Waals surface area (Å²) in [6, 6.07) is 0. The predicted molar refractivity (Wildman–Crippen MR) is 66.6 cm³/mol. The number of ketones is 1. The van der Waals surface area contributed by atoms with Gasteiger partial charge in [0.1, 0.15) is 12.4 Å². The number of Topliss-reactive ketones (excluding diaryl/α,β-unsaturated/α-hetero) is 1. The summed E-state index contributed by atoms with van der Waals surface area (Å²) in [5, 5.41) is 15.8. The van der Waals surface area contributed by atoms with Crippen molar-refractivity contribution in [2.45, 2.75) is 40.0 Å². The van der Waals surface area contributed by atoms with Gasteiger partial charge >= 0.3 is 0 Å². The van der Waals surface area contributed by atoms with Crippen LogP contribution >= 0.6 is 0 Å². The number of aliphatic hydroxyl groups excluding tert-OH is 2. The maximum atomic E-state index is 10.4. The van der Waals surface area contributed by atoms with Gasteiger partial charge < -0.3 is 19.7 Å². The fraction of sp³-hybridized carbons (Fsp3) is 0.833. The van der Waals surface area contributed by atoms with Crippen molar-refractivity contribution >= 4 is 12.1 Å². The Morgan fingerprint density at radius 1 is 1.11 bits per heavy atom. The fourth-order valence-corrected chi connectivity index (χ4v) is 0.347. The van der Waals surface area contributed by atoms with E-state index in [-0.39, 0.29) is 40.5 Å². The average molecular weight is 297 g/mol. The largest absolute Gasteiger partial charge is 0.541 e. The van der Waals surface area contributed by atoms with Crippen LogP contribution in [0.1, 0.15) is 40.0 Å². The van der Waals surface area contributed by atoms with Gasteiger partial charge in [-0.3, -0.25) is 11.1 Å². The minimum Gasteiger partial charge on any atom is -0.541 e. The van der Waals surface area contributed by atoms with E-state index in [1.807, 2.05) is 13.8 Å². The molecule has 2 N–H and O–H groups in total. The molecule has 0 unspecified atom stereocenters. The van der Waals surface area contributed by atoms with Crippen molar-refractivity contribution < 1.29 is 46.3 Å². The Labute approximate surface area is 125 Å². The van der Waals surface area contributed by atoms with Crippen LogP contribution in [0.3, 0.4) is 0 Å². The number of carbonyl (C=O) groups excluding carboxylic acids is 2. The maximum Gasteiger partial charge on any atom is 0.132 e. The van der Waals surface area contributed by atoms with E-state index in [1.54, 1.807) is 6.92 Å². The minimum atomic E-state index is -0.216. The number of hydrogen-bond donors (Lipinski definition) is 2. The van der Waals surface area contributed by atoms with Crippen LogP contribution in [0.5, 0.6) is 0 Å². The van der Waals surface area contributed by atoms with Crippen LogP contribution in [0.25, 0.3) is 0 Å². The van der Waals surface area contributed by atoms with Crippen molar-refractivity contribution in [2.24, 2.45) is 0 Å². The van der Waals surface area contributed by atoms with E-state index in [4.69, 9.17) is 14.9 Å². The zero-order valence-electron chi connectivity index (χ0n) is 11.6. The second-order valence-corrected chi connectivity index (χ2v) is 2.94. The Morgan fingerprint density at radius 3 is 1.72 bits per heavy atom. The minimum absolute atomic E-state index is 0. The van der Waals surface area contributed by atoms with Gasteiger partial charge in [-0.05, 0) is 19.8 Å². The van der Waals surface area contributed by atoms with Gasteiger partial charge in [0.25, 0.3) is 0 Å². The first-order valence-electron chi connectivity index (χ1n) is 5.80. The summed E-state index contributed by atoms with van der Waals surface area (Å²) in [6.45, 7) is 6.83. The van der Waals surface area contributed by atoms with Gasteiger partial charge in [-0.15, -0.1) is 0 Å². The Bertz CT molecular complexity index is 145.